The number of rotatable bonds is 71. The van der Waals surface area contributed by atoms with Crippen molar-refractivity contribution in [2.45, 2.75) is 374 Å². The molecular weight excluding hydrogens is 1220 g/mol. The molecule has 0 heterocycles. The van der Waals surface area contributed by atoms with E-state index in [2.05, 4.69) is 65.8 Å². The molecule has 93 heavy (non-hydrogen) atoms. The van der Waals surface area contributed by atoms with E-state index in [0.717, 1.165) is 115 Å². The molecule has 0 aromatic carbocycles. The Labute approximate surface area is 567 Å². The molecule has 0 saturated heterocycles. The Morgan fingerprint density at radius 3 is 0.882 bits per heavy atom. The van der Waals surface area contributed by atoms with Crippen molar-refractivity contribution in [1.29, 1.82) is 0 Å². The zero-order valence-electron chi connectivity index (χ0n) is 60.0. The van der Waals surface area contributed by atoms with Crippen LogP contribution in [0.4, 0.5) is 0 Å². The number of phosphoric ester groups is 2. The molecular formula is C74H140O17P2. The van der Waals surface area contributed by atoms with Gasteiger partial charge in [-0.1, -0.05) is 303 Å². The first-order valence-corrected chi connectivity index (χ1v) is 40.8. The van der Waals surface area contributed by atoms with Crippen LogP contribution in [0.15, 0.2) is 24.3 Å². The Bertz CT molecular complexity index is 1900. The highest BCUT2D eigenvalue weighted by atomic mass is 31.2. The largest absolute Gasteiger partial charge is 0.472 e. The second kappa shape index (κ2) is 65.5. The first-order valence-electron chi connectivity index (χ1n) is 37.8. The third-order valence-corrected chi connectivity index (χ3v) is 18.5. The van der Waals surface area contributed by atoms with Gasteiger partial charge in [-0.05, 0) is 63.2 Å². The summed E-state index contributed by atoms with van der Waals surface area (Å²) < 4.78 is 68.4. The zero-order chi connectivity index (χ0) is 68.6. The van der Waals surface area contributed by atoms with Gasteiger partial charge in [0.05, 0.1) is 26.4 Å². The lowest BCUT2D eigenvalue weighted by molar-refractivity contribution is -0.161. The average molecular weight is 1360 g/mol. The normalized spacial score (nSPS) is 14.2. The monoisotopic (exact) mass is 1360 g/mol. The molecule has 0 rings (SSSR count). The van der Waals surface area contributed by atoms with Crippen molar-refractivity contribution in [3.8, 4) is 0 Å². The quantitative estimate of drug-likeness (QED) is 0.0169. The third kappa shape index (κ3) is 67.9. The van der Waals surface area contributed by atoms with Gasteiger partial charge in [-0.3, -0.25) is 37.3 Å². The second-order valence-corrected chi connectivity index (χ2v) is 29.9. The average Bonchev–Trinajstić information content (AvgIpc) is 2.28. The van der Waals surface area contributed by atoms with Crippen LogP contribution in [0, 0.1) is 11.8 Å². The molecule has 0 aliphatic heterocycles. The van der Waals surface area contributed by atoms with Gasteiger partial charge in [-0.25, -0.2) is 9.13 Å². The number of aliphatic hydroxyl groups is 1. The molecule has 0 saturated carbocycles. The molecule has 0 aliphatic carbocycles. The van der Waals surface area contributed by atoms with Gasteiger partial charge in [-0.15, -0.1) is 0 Å². The number of phosphoric acid groups is 2. The molecule has 0 radical (unpaired) electrons. The van der Waals surface area contributed by atoms with Crippen LogP contribution >= 0.6 is 15.6 Å². The van der Waals surface area contributed by atoms with Crippen molar-refractivity contribution in [3.05, 3.63) is 24.3 Å². The number of aliphatic hydroxyl groups excluding tert-OH is 1. The summed E-state index contributed by atoms with van der Waals surface area (Å²) in [4.78, 5) is 72.7. The Morgan fingerprint density at radius 1 is 0.333 bits per heavy atom. The lowest BCUT2D eigenvalue weighted by Gasteiger charge is -2.21. The van der Waals surface area contributed by atoms with Gasteiger partial charge in [0, 0.05) is 25.7 Å². The Hall–Kier alpha value is -2.46. The van der Waals surface area contributed by atoms with Crippen LogP contribution in [-0.4, -0.2) is 96.7 Å². The van der Waals surface area contributed by atoms with E-state index in [4.69, 9.17) is 37.0 Å². The Morgan fingerprint density at radius 2 is 0.581 bits per heavy atom. The fraction of sp³-hybridized carbons (Fsp3) is 0.892. The van der Waals surface area contributed by atoms with Gasteiger partial charge in [0.2, 0.25) is 0 Å². The van der Waals surface area contributed by atoms with Crippen LogP contribution < -0.4 is 0 Å². The van der Waals surface area contributed by atoms with E-state index in [-0.39, 0.29) is 25.7 Å². The molecule has 548 valence electrons. The number of ether oxygens (including phenoxy) is 4. The minimum Gasteiger partial charge on any atom is -0.462 e. The standard InChI is InChI=1S/C74H140O17P2/c1-7-9-11-13-15-17-19-21-22-23-25-34-40-46-52-58-73(78)90-69(63-85-72(77)57-51-45-39-33-28-26-30-36-42-48-54-66(3)4)64-88-92(80,81)86-60-68(75)61-87-93(82,83)89-65-70(62-84-71(76)56-50-44-38-32-24-20-18-16-14-12-10-8-2)91-74(79)59-53-47-41-35-29-27-31-37-43-49-55-67(5)6/h17,19,21-22,66-70,75H,7-16,18,20,23-65H2,1-6H3,(H,80,81)(H,82,83)/b19-17-,22-21-/t68-,69-,70-/m1/s1. The predicted octanol–water partition coefficient (Wildman–Crippen LogP) is 21.1. The lowest BCUT2D eigenvalue weighted by Crippen LogP contribution is -2.30. The molecule has 0 aromatic rings. The molecule has 17 nitrogen and oxygen atoms in total. The summed E-state index contributed by atoms with van der Waals surface area (Å²) in [5.41, 5.74) is 0. The molecule has 19 heteroatoms. The molecule has 0 aromatic heterocycles. The van der Waals surface area contributed by atoms with E-state index < -0.39 is 97.5 Å². The molecule has 0 bridgehead atoms. The number of hydrogen-bond acceptors (Lipinski definition) is 15. The molecule has 0 aliphatic rings. The topological polar surface area (TPSA) is 237 Å². The van der Waals surface area contributed by atoms with Crippen molar-refractivity contribution < 1.29 is 80.2 Å². The maximum Gasteiger partial charge on any atom is 0.472 e. The molecule has 3 N–H and O–H groups in total. The smallest absolute Gasteiger partial charge is 0.462 e. The van der Waals surface area contributed by atoms with Crippen molar-refractivity contribution in [2.75, 3.05) is 39.6 Å². The van der Waals surface area contributed by atoms with Crippen LogP contribution in [0.2, 0.25) is 0 Å². The Balaban J connectivity index is 5.30. The maximum atomic E-state index is 13.1. The van der Waals surface area contributed by atoms with Gasteiger partial charge in [-0.2, -0.15) is 0 Å². The number of carbonyl (C=O) groups excluding carboxylic acids is 4. The molecule has 5 atom stereocenters. The van der Waals surface area contributed by atoms with Gasteiger partial charge >= 0.3 is 39.5 Å². The van der Waals surface area contributed by atoms with Gasteiger partial charge in [0.15, 0.2) is 12.2 Å². The van der Waals surface area contributed by atoms with Crippen molar-refractivity contribution in [2.24, 2.45) is 11.8 Å². The highest BCUT2D eigenvalue weighted by Crippen LogP contribution is 2.45. The predicted molar refractivity (Wildman–Crippen MR) is 377 cm³/mol. The van der Waals surface area contributed by atoms with Crippen molar-refractivity contribution in [1.82, 2.24) is 0 Å². The summed E-state index contributed by atoms with van der Waals surface area (Å²) in [5.74, 6) is -0.642. The molecule has 2 unspecified atom stereocenters. The van der Waals surface area contributed by atoms with E-state index in [1.54, 1.807) is 0 Å². The van der Waals surface area contributed by atoms with Crippen LogP contribution in [0.25, 0.3) is 0 Å². The first-order chi connectivity index (χ1) is 44.9. The Kier molecular flexibility index (Phi) is 63.7. The zero-order valence-corrected chi connectivity index (χ0v) is 61.8. The fourth-order valence-electron chi connectivity index (χ4n) is 10.8. The fourth-order valence-corrected chi connectivity index (χ4v) is 12.3. The van der Waals surface area contributed by atoms with Gasteiger partial charge < -0.3 is 33.8 Å². The third-order valence-electron chi connectivity index (χ3n) is 16.6. The number of hydrogen-bond donors (Lipinski definition) is 3. The van der Waals surface area contributed by atoms with Crippen LogP contribution in [-0.2, 0) is 65.4 Å². The summed E-state index contributed by atoms with van der Waals surface area (Å²) in [6.45, 7) is 9.49. The van der Waals surface area contributed by atoms with Gasteiger partial charge in [0.1, 0.15) is 19.3 Å². The first kappa shape index (κ1) is 90.5. The number of allylic oxidation sites excluding steroid dienone is 4. The highest BCUT2D eigenvalue weighted by molar-refractivity contribution is 7.47. The molecule has 0 amide bonds. The summed E-state index contributed by atoms with van der Waals surface area (Å²) in [6, 6.07) is 0. The van der Waals surface area contributed by atoms with Crippen LogP contribution in [0.3, 0.4) is 0 Å². The van der Waals surface area contributed by atoms with E-state index in [0.29, 0.717) is 25.7 Å². The van der Waals surface area contributed by atoms with E-state index in [9.17, 15) is 43.2 Å². The van der Waals surface area contributed by atoms with Crippen molar-refractivity contribution in [3.63, 3.8) is 0 Å². The molecule has 0 spiro atoms. The second-order valence-electron chi connectivity index (χ2n) is 27.0. The maximum absolute atomic E-state index is 13.1. The minimum absolute atomic E-state index is 0.0847. The van der Waals surface area contributed by atoms with E-state index >= 15 is 0 Å². The summed E-state index contributed by atoms with van der Waals surface area (Å²) in [7, 11) is -9.92. The summed E-state index contributed by atoms with van der Waals surface area (Å²) in [6.07, 6.45) is 54.8. The van der Waals surface area contributed by atoms with Crippen LogP contribution in [0.1, 0.15) is 356 Å². The van der Waals surface area contributed by atoms with E-state index in [1.807, 2.05) is 0 Å². The SMILES string of the molecule is CCCCCC/C=C\C=C/CCCCCCCC(=O)O[C@H](COC(=O)CCCCCCCCCCCCC(C)C)COP(=O)(O)OC[C@@H](O)COP(=O)(O)OC[C@@H](COC(=O)CCCCCCCCCCCCCC)OC(=O)CCCCCCCCCCCCC(C)C. The number of carbonyl (C=O) groups is 4. The summed E-state index contributed by atoms with van der Waals surface area (Å²) >= 11 is 0. The number of esters is 4. The molecule has 0 fully saturated rings. The highest BCUT2D eigenvalue weighted by Gasteiger charge is 2.30. The van der Waals surface area contributed by atoms with Crippen LogP contribution in [0.5, 0.6) is 0 Å². The van der Waals surface area contributed by atoms with Crippen molar-refractivity contribution >= 4 is 39.5 Å². The van der Waals surface area contributed by atoms with E-state index in [1.165, 1.54) is 161 Å². The van der Waals surface area contributed by atoms with Gasteiger partial charge in [0.25, 0.3) is 0 Å². The minimum atomic E-state index is -4.96. The summed E-state index contributed by atoms with van der Waals surface area (Å²) in [5, 5.41) is 10.6. The number of unbranched alkanes of at least 4 members (excludes halogenated alkanes) is 38. The lowest BCUT2D eigenvalue weighted by atomic mass is 10.0.